The fourth-order valence-electron chi connectivity index (χ4n) is 2.43. The highest BCUT2D eigenvalue weighted by atomic mass is 16.1. The second-order valence-corrected chi connectivity index (χ2v) is 4.50. The predicted octanol–water partition coefficient (Wildman–Crippen LogP) is 2.18. The Balaban J connectivity index is 2.28. The lowest BCUT2D eigenvalue weighted by atomic mass is 10.0. The second kappa shape index (κ2) is 1.77. The largest absolute Gasteiger partial charge is 0.295 e. The van der Waals surface area contributed by atoms with Gasteiger partial charge in [0.05, 0.1) is 0 Å². The first-order valence-electron chi connectivity index (χ1n) is 4.24. The average molecular weight is 150 g/mol. The van der Waals surface area contributed by atoms with Gasteiger partial charge in [-0.25, -0.2) is 0 Å². The molecule has 60 valence electrons. The zero-order chi connectivity index (χ0) is 8.22. The van der Waals surface area contributed by atoms with Crippen LogP contribution in [0.1, 0.15) is 27.2 Å². The molecule has 1 nitrogen and oxygen atoms in total. The van der Waals surface area contributed by atoms with Crippen molar-refractivity contribution in [2.45, 2.75) is 27.2 Å². The van der Waals surface area contributed by atoms with Crippen LogP contribution in [0.25, 0.3) is 0 Å². The smallest absolute Gasteiger partial charge is 0.159 e. The molecule has 1 saturated carbocycles. The van der Waals surface area contributed by atoms with Crippen molar-refractivity contribution in [3.05, 3.63) is 11.6 Å². The first-order valence-corrected chi connectivity index (χ1v) is 4.24. The third-order valence-corrected chi connectivity index (χ3v) is 3.29. The van der Waals surface area contributed by atoms with Gasteiger partial charge in [0.25, 0.3) is 0 Å². The van der Waals surface area contributed by atoms with Crippen LogP contribution in [-0.2, 0) is 4.79 Å². The van der Waals surface area contributed by atoms with Crippen molar-refractivity contribution in [2.24, 2.45) is 17.3 Å². The van der Waals surface area contributed by atoms with E-state index >= 15 is 0 Å². The van der Waals surface area contributed by atoms with Gasteiger partial charge in [0.1, 0.15) is 0 Å². The third kappa shape index (κ3) is 0.800. The summed E-state index contributed by atoms with van der Waals surface area (Å²) in [5, 5.41) is 0. The van der Waals surface area contributed by atoms with Gasteiger partial charge in [-0.05, 0) is 30.8 Å². The molecule has 11 heavy (non-hydrogen) atoms. The van der Waals surface area contributed by atoms with E-state index < -0.39 is 0 Å². The lowest BCUT2D eigenvalue weighted by molar-refractivity contribution is -0.116. The highest BCUT2D eigenvalue weighted by molar-refractivity contribution is 5.96. The topological polar surface area (TPSA) is 17.1 Å². The van der Waals surface area contributed by atoms with E-state index in [0.717, 1.165) is 6.42 Å². The zero-order valence-corrected chi connectivity index (χ0v) is 7.35. The molecule has 0 spiro atoms. The molecule has 0 aromatic carbocycles. The van der Waals surface area contributed by atoms with Crippen molar-refractivity contribution < 1.29 is 4.79 Å². The Morgan fingerprint density at radius 3 is 2.73 bits per heavy atom. The van der Waals surface area contributed by atoms with Crippen molar-refractivity contribution in [1.29, 1.82) is 0 Å². The summed E-state index contributed by atoms with van der Waals surface area (Å²) in [6, 6.07) is 0. The Morgan fingerprint density at radius 1 is 1.55 bits per heavy atom. The molecule has 0 aromatic heterocycles. The number of ketones is 1. The molecule has 2 aliphatic carbocycles. The number of allylic oxidation sites excluding steroid dienone is 2. The molecule has 0 radical (unpaired) electrons. The summed E-state index contributed by atoms with van der Waals surface area (Å²) in [7, 11) is 0. The van der Waals surface area contributed by atoms with Crippen LogP contribution in [0.3, 0.4) is 0 Å². The van der Waals surface area contributed by atoms with Crippen LogP contribution in [0.5, 0.6) is 0 Å². The Bertz CT molecular complexity index is 248. The molecular weight excluding hydrogens is 136 g/mol. The van der Waals surface area contributed by atoms with Crippen molar-refractivity contribution in [1.82, 2.24) is 0 Å². The molecule has 0 amide bonds. The van der Waals surface area contributed by atoms with Gasteiger partial charge in [-0.2, -0.15) is 0 Å². The van der Waals surface area contributed by atoms with Crippen molar-refractivity contribution in [2.75, 3.05) is 0 Å². The predicted molar refractivity (Wildman–Crippen MR) is 44.1 cm³/mol. The molecule has 0 saturated heterocycles. The standard InChI is InChI=1S/C10H14O/c1-6-4-7-9(8(11)5-6)10(7,2)3/h5,7,9H,4H2,1-3H3/t7-,9-/m1/s1. The first-order chi connectivity index (χ1) is 5.03. The van der Waals surface area contributed by atoms with Gasteiger partial charge in [-0.1, -0.05) is 19.4 Å². The van der Waals surface area contributed by atoms with Crippen LogP contribution in [0.15, 0.2) is 11.6 Å². The van der Waals surface area contributed by atoms with Crippen LogP contribution < -0.4 is 0 Å². The van der Waals surface area contributed by atoms with Crippen LogP contribution >= 0.6 is 0 Å². The Hall–Kier alpha value is -0.590. The molecule has 2 aliphatic rings. The minimum atomic E-state index is 0.297. The average Bonchev–Trinajstić information content (AvgIpc) is 2.34. The lowest BCUT2D eigenvalue weighted by Gasteiger charge is -2.04. The lowest BCUT2D eigenvalue weighted by Crippen LogP contribution is -2.05. The van der Waals surface area contributed by atoms with Crippen LogP contribution in [0.2, 0.25) is 0 Å². The van der Waals surface area contributed by atoms with E-state index in [2.05, 4.69) is 20.8 Å². The Kier molecular flexibility index (Phi) is 1.14. The van der Waals surface area contributed by atoms with Gasteiger partial charge >= 0.3 is 0 Å². The Morgan fingerprint density at radius 2 is 2.18 bits per heavy atom. The summed E-state index contributed by atoms with van der Waals surface area (Å²) in [4.78, 5) is 11.4. The molecule has 1 fully saturated rings. The number of carbonyl (C=O) groups is 1. The maximum absolute atomic E-state index is 11.4. The van der Waals surface area contributed by atoms with Crippen molar-refractivity contribution in [3.8, 4) is 0 Å². The minimum Gasteiger partial charge on any atom is -0.295 e. The fourth-order valence-corrected chi connectivity index (χ4v) is 2.43. The molecule has 0 aliphatic heterocycles. The number of rotatable bonds is 0. The van der Waals surface area contributed by atoms with E-state index in [1.54, 1.807) is 0 Å². The van der Waals surface area contributed by atoms with Gasteiger partial charge < -0.3 is 0 Å². The van der Waals surface area contributed by atoms with Gasteiger partial charge in [-0.15, -0.1) is 0 Å². The van der Waals surface area contributed by atoms with E-state index in [9.17, 15) is 4.79 Å². The van der Waals surface area contributed by atoms with Crippen molar-refractivity contribution >= 4 is 5.78 Å². The van der Waals surface area contributed by atoms with Crippen LogP contribution in [0.4, 0.5) is 0 Å². The van der Waals surface area contributed by atoms with Gasteiger partial charge in [0, 0.05) is 5.92 Å². The Labute approximate surface area is 67.5 Å². The molecule has 0 unspecified atom stereocenters. The zero-order valence-electron chi connectivity index (χ0n) is 7.35. The van der Waals surface area contributed by atoms with E-state index in [0.29, 0.717) is 23.0 Å². The van der Waals surface area contributed by atoms with Crippen LogP contribution in [0, 0.1) is 17.3 Å². The molecule has 2 rings (SSSR count). The first kappa shape index (κ1) is 7.08. The molecule has 0 heterocycles. The highest BCUT2D eigenvalue weighted by Gasteiger charge is 2.61. The minimum absolute atomic E-state index is 0.297. The summed E-state index contributed by atoms with van der Waals surface area (Å²) < 4.78 is 0. The van der Waals surface area contributed by atoms with Gasteiger partial charge in [0.2, 0.25) is 0 Å². The normalized spacial score (nSPS) is 39.5. The van der Waals surface area contributed by atoms with Crippen molar-refractivity contribution in [3.63, 3.8) is 0 Å². The van der Waals surface area contributed by atoms with Gasteiger partial charge in [0.15, 0.2) is 5.78 Å². The summed E-state index contributed by atoms with van der Waals surface area (Å²) in [5.74, 6) is 1.37. The van der Waals surface area contributed by atoms with E-state index in [1.165, 1.54) is 5.57 Å². The SMILES string of the molecule is CC1=CC(=O)[C@H]2[C@@H](C1)C2(C)C. The highest BCUT2D eigenvalue weighted by Crippen LogP contribution is 2.62. The molecule has 2 atom stereocenters. The maximum Gasteiger partial charge on any atom is 0.159 e. The summed E-state index contributed by atoms with van der Waals surface area (Å²) in [6.07, 6.45) is 2.97. The van der Waals surface area contributed by atoms with E-state index in [1.807, 2.05) is 6.08 Å². The molecular formula is C10H14O. The monoisotopic (exact) mass is 150 g/mol. The van der Waals surface area contributed by atoms with Gasteiger partial charge in [-0.3, -0.25) is 4.79 Å². The molecule has 0 aromatic rings. The molecule has 0 bridgehead atoms. The van der Waals surface area contributed by atoms with E-state index in [4.69, 9.17) is 0 Å². The summed E-state index contributed by atoms with van der Waals surface area (Å²) in [6.45, 7) is 6.46. The maximum atomic E-state index is 11.4. The fraction of sp³-hybridized carbons (Fsp3) is 0.700. The van der Waals surface area contributed by atoms with E-state index in [-0.39, 0.29) is 0 Å². The molecule has 1 heteroatoms. The number of fused-ring (bicyclic) bond motifs is 1. The molecule has 0 N–H and O–H groups in total. The second-order valence-electron chi connectivity index (χ2n) is 4.50. The van der Waals surface area contributed by atoms with Crippen LogP contribution in [-0.4, -0.2) is 5.78 Å². The quantitative estimate of drug-likeness (QED) is 0.517. The number of hydrogen-bond donors (Lipinski definition) is 0. The summed E-state index contributed by atoms with van der Waals surface area (Å²) in [5.41, 5.74) is 1.56. The number of carbonyl (C=O) groups excluding carboxylic acids is 1. The summed E-state index contributed by atoms with van der Waals surface area (Å²) >= 11 is 0. The number of hydrogen-bond acceptors (Lipinski definition) is 1. The third-order valence-electron chi connectivity index (χ3n) is 3.29.